The quantitative estimate of drug-likeness (QED) is 0.524. The number of hydrogen-bond donors (Lipinski definition) is 1. The van der Waals surface area contributed by atoms with E-state index in [9.17, 15) is 0 Å². The summed E-state index contributed by atoms with van der Waals surface area (Å²) >= 11 is 0. The Morgan fingerprint density at radius 3 is 2.57 bits per heavy atom. The van der Waals surface area contributed by atoms with E-state index >= 15 is 0 Å². The van der Waals surface area contributed by atoms with Crippen LogP contribution in [0.1, 0.15) is 6.42 Å². The molecule has 0 aliphatic rings. The lowest BCUT2D eigenvalue weighted by Gasteiger charge is -1.75. The Morgan fingerprint density at radius 2 is 2.14 bits per heavy atom. The summed E-state index contributed by atoms with van der Waals surface area (Å²) in [6.45, 7) is 4.17. The normalized spacial score (nSPS) is 9.86. The first-order valence-electron chi connectivity index (χ1n) is 2.37. The van der Waals surface area contributed by atoms with Gasteiger partial charge in [-0.25, -0.2) is 0 Å². The topological polar surface area (TPSA) is 26.0 Å². The van der Waals surface area contributed by atoms with Crippen LogP contribution in [0.25, 0.3) is 0 Å². The summed E-state index contributed by atoms with van der Waals surface area (Å²) in [4.78, 5) is 0. The first-order valence-corrected chi connectivity index (χ1v) is 2.37. The Hall–Kier alpha value is -0.560. The van der Waals surface area contributed by atoms with Crippen molar-refractivity contribution in [2.45, 2.75) is 6.42 Å². The van der Waals surface area contributed by atoms with Crippen molar-refractivity contribution in [3.05, 3.63) is 24.8 Å². The van der Waals surface area contributed by atoms with Crippen LogP contribution in [-0.4, -0.2) is 6.54 Å². The largest absolute Gasteiger partial charge is 0.327 e. The van der Waals surface area contributed by atoms with E-state index in [0.717, 1.165) is 6.42 Å². The Labute approximate surface area is 44.5 Å². The zero-order valence-corrected chi connectivity index (χ0v) is 4.43. The molecule has 0 aromatic carbocycles. The van der Waals surface area contributed by atoms with Crippen LogP contribution < -0.4 is 5.73 Å². The first kappa shape index (κ1) is 6.44. The monoisotopic (exact) mass is 97.1 g/mol. The molecule has 1 heteroatoms. The van der Waals surface area contributed by atoms with Gasteiger partial charge in [0.1, 0.15) is 0 Å². The second-order valence-electron chi connectivity index (χ2n) is 1.23. The maximum absolute atomic E-state index is 5.15. The zero-order chi connectivity index (χ0) is 5.54. The molecule has 0 heterocycles. The SMILES string of the molecule is C=CCC=CCN. The van der Waals surface area contributed by atoms with E-state index in [-0.39, 0.29) is 0 Å². The molecule has 1 nitrogen and oxygen atoms in total. The fourth-order valence-electron chi connectivity index (χ4n) is 0.289. The van der Waals surface area contributed by atoms with Gasteiger partial charge in [0.05, 0.1) is 0 Å². The van der Waals surface area contributed by atoms with Crippen LogP contribution in [0, 0.1) is 0 Å². The van der Waals surface area contributed by atoms with E-state index < -0.39 is 0 Å². The maximum Gasteiger partial charge on any atom is 0.0106 e. The minimum atomic E-state index is 0.633. The molecule has 0 spiro atoms. The summed E-state index contributed by atoms with van der Waals surface area (Å²) in [5, 5.41) is 0. The average molecular weight is 97.2 g/mol. The summed E-state index contributed by atoms with van der Waals surface area (Å²) in [5.41, 5.74) is 5.15. The van der Waals surface area contributed by atoms with Gasteiger partial charge in [-0.15, -0.1) is 6.58 Å². The molecule has 7 heavy (non-hydrogen) atoms. The molecule has 0 bridgehead atoms. The number of allylic oxidation sites excluding steroid dienone is 2. The molecule has 0 saturated carbocycles. The number of nitrogens with two attached hydrogens (primary N) is 1. The lowest BCUT2D eigenvalue weighted by Crippen LogP contribution is -1.91. The van der Waals surface area contributed by atoms with Crippen LogP contribution in [0.15, 0.2) is 24.8 Å². The minimum absolute atomic E-state index is 0.633. The zero-order valence-electron chi connectivity index (χ0n) is 4.43. The number of hydrogen-bond acceptors (Lipinski definition) is 1. The van der Waals surface area contributed by atoms with Gasteiger partial charge in [-0.1, -0.05) is 18.2 Å². The van der Waals surface area contributed by atoms with Crippen molar-refractivity contribution >= 4 is 0 Å². The molecule has 0 unspecified atom stereocenters. The molecule has 0 aromatic rings. The summed E-state index contributed by atoms with van der Waals surface area (Å²) in [7, 11) is 0. The molecule has 2 N–H and O–H groups in total. The van der Waals surface area contributed by atoms with Gasteiger partial charge in [-0.05, 0) is 6.42 Å². The van der Waals surface area contributed by atoms with Crippen LogP contribution in [0.4, 0.5) is 0 Å². The van der Waals surface area contributed by atoms with Gasteiger partial charge in [0.15, 0.2) is 0 Å². The summed E-state index contributed by atoms with van der Waals surface area (Å²) in [5.74, 6) is 0. The Kier molecular flexibility index (Phi) is 5.00. The van der Waals surface area contributed by atoms with Gasteiger partial charge >= 0.3 is 0 Å². The van der Waals surface area contributed by atoms with Crippen molar-refractivity contribution in [1.29, 1.82) is 0 Å². The maximum atomic E-state index is 5.15. The van der Waals surface area contributed by atoms with Gasteiger partial charge in [0.25, 0.3) is 0 Å². The molecular weight excluding hydrogens is 86.1 g/mol. The Balaban J connectivity index is 2.92. The van der Waals surface area contributed by atoms with E-state index in [2.05, 4.69) is 6.58 Å². The Bertz CT molecular complexity index is 64.6. The molecule has 0 atom stereocenters. The molecular formula is C6H11N. The van der Waals surface area contributed by atoms with Gasteiger partial charge < -0.3 is 5.73 Å². The third-order valence-electron chi connectivity index (χ3n) is 0.605. The predicted octanol–water partition coefficient (Wildman–Crippen LogP) is 1.08. The third-order valence-corrected chi connectivity index (χ3v) is 0.605. The van der Waals surface area contributed by atoms with Crippen LogP contribution in [-0.2, 0) is 0 Å². The summed E-state index contributed by atoms with van der Waals surface area (Å²) in [6.07, 6.45) is 6.68. The van der Waals surface area contributed by atoms with Crippen LogP contribution >= 0.6 is 0 Å². The molecule has 0 saturated heterocycles. The second kappa shape index (κ2) is 5.44. The van der Waals surface area contributed by atoms with Crippen molar-refractivity contribution < 1.29 is 0 Å². The van der Waals surface area contributed by atoms with Crippen molar-refractivity contribution in [1.82, 2.24) is 0 Å². The highest BCUT2D eigenvalue weighted by molar-refractivity contribution is 4.88. The van der Waals surface area contributed by atoms with Gasteiger partial charge in [-0.3, -0.25) is 0 Å². The molecule has 0 aliphatic heterocycles. The highest BCUT2D eigenvalue weighted by Crippen LogP contribution is 1.79. The van der Waals surface area contributed by atoms with E-state index in [1.165, 1.54) is 0 Å². The van der Waals surface area contributed by atoms with Crippen LogP contribution in [0.3, 0.4) is 0 Å². The van der Waals surface area contributed by atoms with Gasteiger partial charge in [0, 0.05) is 6.54 Å². The highest BCUT2D eigenvalue weighted by atomic mass is 14.5. The molecule has 0 fully saturated rings. The average Bonchev–Trinajstić information content (AvgIpc) is 1.69. The van der Waals surface area contributed by atoms with Crippen LogP contribution in [0.2, 0.25) is 0 Å². The van der Waals surface area contributed by atoms with Crippen molar-refractivity contribution in [3.63, 3.8) is 0 Å². The standard InChI is InChI=1S/C6H11N/c1-2-3-4-5-6-7/h2,4-5H,1,3,6-7H2. The molecule has 0 aliphatic carbocycles. The second-order valence-corrected chi connectivity index (χ2v) is 1.23. The van der Waals surface area contributed by atoms with Crippen molar-refractivity contribution in [2.75, 3.05) is 6.54 Å². The Morgan fingerprint density at radius 1 is 1.43 bits per heavy atom. The lowest BCUT2D eigenvalue weighted by atomic mass is 10.4. The predicted molar refractivity (Wildman–Crippen MR) is 33.0 cm³/mol. The number of rotatable bonds is 3. The van der Waals surface area contributed by atoms with E-state index in [1.807, 2.05) is 18.2 Å². The summed E-state index contributed by atoms with van der Waals surface area (Å²) < 4.78 is 0. The summed E-state index contributed by atoms with van der Waals surface area (Å²) in [6, 6.07) is 0. The third kappa shape index (κ3) is 5.44. The fraction of sp³-hybridized carbons (Fsp3) is 0.333. The minimum Gasteiger partial charge on any atom is -0.327 e. The van der Waals surface area contributed by atoms with Crippen molar-refractivity contribution in [3.8, 4) is 0 Å². The van der Waals surface area contributed by atoms with E-state index in [0.29, 0.717) is 6.54 Å². The smallest absolute Gasteiger partial charge is 0.0106 e. The lowest BCUT2D eigenvalue weighted by molar-refractivity contribution is 1.23. The van der Waals surface area contributed by atoms with E-state index in [4.69, 9.17) is 5.73 Å². The molecule has 0 aromatic heterocycles. The highest BCUT2D eigenvalue weighted by Gasteiger charge is 1.63. The van der Waals surface area contributed by atoms with Gasteiger partial charge in [-0.2, -0.15) is 0 Å². The molecule has 40 valence electrons. The fourth-order valence-corrected chi connectivity index (χ4v) is 0.289. The first-order chi connectivity index (χ1) is 3.41. The van der Waals surface area contributed by atoms with E-state index in [1.54, 1.807) is 0 Å². The van der Waals surface area contributed by atoms with Gasteiger partial charge in [0.2, 0.25) is 0 Å². The molecule has 0 rings (SSSR count). The van der Waals surface area contributed by atoms with Crippen LogP contribution in [0.5, 0.6) is 0 Å². The molecule has 0 amide bonds. The molecule has 0 radical (unpaired) electrons. The van der Waals surface area contributed by atoms with Crippen molar-refractivity contribution in [2.24, 2.45) is 5.73 Å².